The summed E-state index contributed by atoms with van der Waals surface area (Å²) in [5.41, 5.74) is 2.45. The van der Waals surface area contributed by atoms with Crippen LogP contribution in [0.3, 0.4) is 0 Å². The molecule has 0 heterocycles. The Hall–Kier alpha value is -0.190. The molecule has 2 aromatic rings. The number of hydrogen-bond acceptors (Lipinski definition) is 2. The van der Waals surface area contributed by atoms with Crippen LogP contribution in [0.2, 0.25) is 0 Å². The van der Waals surface area contributed by atoms with Crippen molar-refractivity contribution in [3.63, 3.8) is 0 Å². The molecule has 0 amide bonds. The van der Waals surface area contributed by atoms with Crippen LogP contribution in [0.5, 0.6) is 0 Å². The van der Waals surface area contributed by atoms with Gasteiger partial charge in [-0.1, -0.05) is 64.5 Å². The van der Waals surface area contributed by atoms with Gasteiger partial charge in [0.1, 0.15) is 0 Å². The van der Waals surface area contributed by atoms with Gasteiger partial charge in [0.25, 0.3) is 0 Å². The molecule has 0 radical (unpaired) electrons. The monoisotopic (exact) mass is 314 g/mol. The van der Waals surface area contributed by atoms with Crippen molar-refractivity contribution in [3.05, 3.63) is 58.6 Å². The van der Waals surface area contributed by atoms with E-state index in [0.29, 0.717) is 5.56 Å². The summed E-state index contributed by atoms with van der Waals surface area (Å²) in [6.07, 6.45) is 0. The Balaban J connectivity index is 0.00000144. The second kappa shape index (κ2) is 6.66. The molecule has 0 unspecified atom stereocenters. The fourth-order valence-corrected chi connectivity index (χ4v) is 2.15. The number of hydrogen-bond donors (Lipinski definition) is 0. The van der Waals surface area contributed by atoms with Gasteiger partial charge in [-0.25, -0.2) is 0 Å². The van der Waals surface area contributed by atoms with Crippen LogP contribution < -0.4 is 34.7 Å². The summed E-state index contributed by atoms with van der Waals surface area (Å²) in [4.78, 5) is 0. The van der Waals surface area contributed by atoms with Gasteiger partial charge in [-0.15, -0.1) is 0 Å². The molecule has 4 heteroatoms. The van der Waals surface area contributed by atoms with E-state index in [4.69, 9.17) is 12.2 Å². The third-order valence-electron chi connectivity index (χ3n) is 2.28. The molecule has 17 heavy (non-hydrogen) atoms. The summed E-state index contributed by atoms with van der Waals surface area (Å²) < 4.78 is 0.983. The van der Waals surface area contributed by atoms with Crippen molar-refractivity contribution in [2.45, 2.75) is 0 Å². The molecule has 0 fully saturated rings. The van der Waals surface area contributed by atoms with E-state index in [1.54, 1.807) is 6.07 Å². The third kappa shape index (κ3) is 3.63. The molecule has 2 rings (SSSR count). The second-order valence-electron chi connectivity index (χ2n) is 3.34. The van der Waals surface area contributed by atoms with Gasteiger partial charge in [-0.3, -0.25) is 0 Å². The van der Waals surface area contributed by atoms with Gasteiger partial charge in [0.05, 0.1) is 0 Å². The Morgan fingerprint density at radius 3 is 2.41 bits per heavy atom. The van der Waals surface area contributed by atoms with E-state index in [1.165, 1.54) is 0 Å². The van der Waals surface area contributed by atoms with Gasteiger partial charge in [0, 0.05) is 4.47 Å². The van der Waals surface area contributed by atoms with Gasteiger partial charge in [-0.05, 0) is 33.9 Å². The summed E-state index contributed by atoms with van der Waals surface area (Å²) in [6.45, 7) is 0. The van der Waals surface area contributed by atoms with E-state index in [0.717, 1.165) is 15.6 Å². The standard InChI is InChI=1S/C13H9BrOS.Na/c14-10-5-3-4-9(8-10)11-6-1-2-7-12(11)13(15)16;/h1-8H,(H,15,16);/q;+1/p-1. The molecular formula is C13H8BrNaOS. The zero-order valence-corrected chi connectivity index (χ0v) is 13.7. The molecule has 0 bridgehead atoms. The van der Waals surface area contributed by atoms with Gasteiger partial charge in [0.2, 0.25) is 0 Å². The first-order valence-corrected chi connectivity index (χ1v) is 5.95. The SMILES string of the molecule is [Na+].[O-]C(=S)c1ccccc1-c1cccc(Br)c1. The molecular weight excluding hydrogens is 307 g/mol. The summed E-state index contributed by atoms with van der Waals surface area (Å²) >= 11 is 8.13. The summed E-state index contributed by atoms with van der Waals surface area (Å²) in [6, 6.07) is 15.2. The van der Waals surface area contributed by atoms with Crippen LogP contribution in [0.1, 0.15) is 5.56 Å². The van der Waals surface area contributed by atoms with Crippen molar-refractivity contribution < 1.29 is 34.7 Å². The Bertz CT molecular complexity index is 542. The van der Waals surface area contributed by atoms with Crippen molar-refractivity contribution in [3.8, 4) is 11.1 Å². The largest absolute Gasteiger partial charge is 1.00 e. The molecule has 0 spiro atoms. The maximum absolute atomic E-state index is 11.3. The topological polar surface area (TPSA) is 23.1 Å². The van der Waals surface area contributed by atoms with Crippen molar-refractivity contribution in [2.75, 3.05) is 0 Å². The molecule has 0 saturated carbocycles. The second-order valence-corrected chi connectivity index (χ2v) is 4.63. The fourth-order valence-electron chi connectivity index (χ4n) is 1.57. The van der Waals surface area contributed by atoms with Crippen LogP contribution >= 0.6 is 28.1 Å². The maximum atomic E-state index is 11.3. The van der Waals surface area contributed by atoms with E-state index < -0.39 is 0 Å². The van der Waals surface area contributed by atoms with Crippen LogP contribution in [0.4, 0.5) is 0 Å². The molecule has 0 N–H and O–H groups in total. The third-order valence-corrected chi connectivity index (χ3v) is 3.00. The van der Waals surface area contributed by atoms with Crippen LogP contribution in [0.15, 0.2) is 53.0 Å². The maximum Gasteiger partial charge on any atom is 1.00 e. The minimum atomic E-state index is -0.324. The number of thiocarbonyl (C=S) groups is 1. The Morgan fingerprint density at radius 1 is 1.06 bits per heavy atom. The minimum Gasteiger partial charge on any atom is -0.864 e. The van der Waals surface area contributed by atoms with Crippen molar-refractivity contribution in [1.29, 1.82) is 0 Å². The molecule has 80 valence electrons. The van der Waals surface area contributed by atoms with Crippen LogP contribution in [-0.2, 0) is 0 Å². The smallest absolute Gasteiger partial charge is 0.864 e. The van der Waals surface area contributed by atoms with E-state index in [-0.39, 0.29) is 34.6 Å². The molecule has 0 aromatic heterocycles. The summed E-state index contributed by atoms with van der Waals surface area (Å²) in [5.74, 6) is 0. The van der Waals surface area contributed by atoms with Crippen molar-refractivity contribution in [2.24, 2.45) is 0 Å². The number of benzene rings is 2. The zero-order valence-electron chi connectivity index (χ0n) is 9.31. The van der Waals surface area contributed by atoms with Crippen LogP contribution in [0.25, 0.3) is 11.1 Å². The van der Waals surface area contributed by atoms with E-state index in [2.05, 4.69) is 15.9 Å². The normalized spacial score (nSPS) is 9.47. The molecule has 0 saturated heterocycles. The number of halogens is 1. The molecule has 2 aromatic carbocycles. The Morgan fingerprint density at radius 2 is 1.76 bits per heavy atom. The molecule has 0 atom stereocenters. The fraction of sp³-hybridized carbons (Fsp3) is 0. The van der Waals surface area contributed by atoms with Gasteiger partial charge in [-0.2, -0.15) is 0 Å². The first-order chi connectivity index (χ1) is 7.68. The zero-order chi connectivity index (χ0) is 11.5. The molecule has 0 aliphatic rings. The van der Waals surface area contributed by atoms with Crippen molar-refractivity contribution in [1.82, 2.24) is 0 Å². The van der Waals surface area contributed by atoms with Gasteiger partial charge < -0.3 is 5.11 Å². The predicted octanol–water partition coefficient (Wildman–Crippen LogP) is 0.156. The first-order valence-electron chi connectivity index (χ1n) is 4.75. The molecule has 0 aliphatic heterocycles. The number of rotatable bonds is 2. The van der Waals surface area contributed by atoms with Crippen molar-refractivity contribution >= 4 is 33.2 Å². The van der Waals surface area contributed by atoms with E-state index >= 15 is 0 Å². The average molecular weight is 315 g/mol. The minimum absolute atomic E-state index is 0. The summed E-state index contributed by atoms with van der Waals surface area (Å²) in [7, 11) is 0. The summed E-state index contributed by atoms with van der Waals surface area (Å²) in [5, 5.41) is 11.0. The average Bonchev–Trinajstić information content (AvgIpc) is 2.29. The van der Waals surface area contributed by atoms with Gasteiger partial charge in [0.15, 0.2) is 0 Å². The van der Waals surface area contributed by atoms with Gasteiger partial charge >= 0.3 is 29.6 Å². The Labute approximate surface area is 136 Å². The molecule has 1 nitrogen and oxygen atoms in total. The Kier molecular flexibility index (Phi) is 5.83. The quantitative estimate of drug-likeness (QED) is 0.582. The first kappa shape index (κ1) is 14.9. The molecule has 0 aliphatic carbocycles. The van der Waals surface area contributed by atoms with E-state index in [1.807, 2.05) is 42.5 Å². The van der Waals surface area contributed by atoms with Crippen LogP contribution in [0, 0.1) is 0 Å². The van der Waals surface area contributed by atoms with E-state index in [9.17, 15) is 5.11 Å². The van der Waals surface area contributed by atoms with Crippen LogP contribution in [-0.4, -0.2) is 5.05 Å². The predicted molar refractivity (Wildman–Crippen MR) is 71.3 cm³/mol.